The molecule has 0 bridgehead atoms. The zero-order valence-corrected chi connectivity index (χ0v) is 12.9. The molecule has 0 saturated heterocycles. The van der Waals surface area contributed by atoms with E-state index in [0.29, 0.717) is 31.0 Å². The number of nitrogens with zero attached hydrogens (tertiary/aromatic N) is 1. The van der Waals surface area contributed by atoms with Crippen molar-refractivity contribution in [3.05, 3.63) is 29.8 Å². The van der Waals surface area contributed by atoms with E-state index in [1.54, 1.807) is 43.2 Å². The van der Waals surface area contributed by atoms with Crippen molar-refractivity contribution < 1.29 is 19.1 Å². The molecule has 0 aliphatic carbocycles. The molecule has 0 spiro atoms. The van der Waals surface area contributed by atoms with Crippen molar-refractivity contribution >= 4 is 11.9 Å². The molecule has 0 saturated carbocycles. The van der Waals surface area contributed by atoms with Crippen LogP contribution >= 0.6 is 0 Å². The largest absolute Gasteiger partial charge is 0.497 e. The average Bonchev–Trinajstić information content (AvgIpc) is 2.51. The third-order valence-electron chi connectivity index (χ3n) is 3.01. The lowest BCUT2D eigenvalue weighted by Crippen LogP contribution is -2.34. The van der Waals surface area contributed by atoms with Crippen LogP contribution in [-0.4, -0.2) is 43.6 Å². The van der Waals surface area contributed by atoms with E-state index in [0.717, 1.165) is 6.42 Å². The summed E-state index contributed by atoms with van der Waals surface area (Å²) >= 11 is 0. The van der Waals surface area contributed by atoms with Gasteiger partial charge in [0.05, 0.1) is 20.1 Å². The summed E-state index contributed by atoms with van der Waals surface area (Å²) in [7, 11) is 1.58. The maximum absolute atomic E-state index is 12.4. The van der Waals surface area contributed by atoms with Crippen molar-refractivity contribution in [1.29, 1.82) is 0 Å². The number of rotatable bonds is 8. The monoisotopic (exact) mass is 293 g/mol. The molecule has 1 aromatic carbocycles. The fourth-order valence-corrected chi connectivity index (χ4v) is 1.96. The van der Waals surface area contributed by atoms with Crippen LogP contribution in [0.15, 0.2) is 24.3 Å². The molecular formula is C16H23NO4. The Labute approximate surface area is 125 Å². The molecule has 1 amide bonds. The van der Waals surface area contributed by atoms with E-state index in [1.165, 1.54) is 0 Å². The topological polar surface area (TPSA) is 55.8 Å². The molecule has 0 N–H and O–H groups in total. The first-order valence-electron chi connectivity index (χ1n) is 7.21. The quantitative estimate of drug-likeness (QED) is 0.691. The third kappa shape index (κ3) is 5.45. The van der Waals surface area contributed by atoms with Crippen LogP contribution in [0.4, 0.5) is 0 Å². The van der Waals surface area contributed by atoms with Crippen molar-refractivity contribution in [3.63, 3.8) is 0 Å². The van der Waals surface area contributed by atoms with Gasteiger partial charge in [0.25, 0.3) is 5.91 Å². The lowest BCUT2D eigenvalue weighted by molar-refractivity contribution is -0.143. The highest BCUT2D eigenvalue weighted by Gasteiger charge is 2.16. The molecule has 5 heteroatoms. The number of benzene rings is 1. The van der Waals surface area contributed by atoms with Crippen molar-refractivity contribution in [2.45, 2.75) is 26.7 Å². The van der Waals surface area contributed by atoms with Gasteiger partial charge in [-0.1, -0.05) is 6.92 Å². The number of hydrogen-bond acceptors (Lipinski definition) is 4. The highest BCUT2D eigenvalue weighted by Crippen LogP contribution is 2.13. The Morgan fingerprint density at radius 1 is 1.10 bits per heavy atom. The molecule has 1 aromatic rings. The van der Waals surface area contributed by atoms with Crippen LogP contribution in [0.3, 0.4) is 0 Å². The van der Waals surface area contributed by atoms with Gasteiger partial charge in [0.15, 0.2) is 0 Å². The van der Waals surface area contributed by atoms with E-state index in [2.05, 4.69) is 0 Å². The number of ether oxygens (including phenoxy) is 2. The summed E-state index contributed by atoms with van der Waals surface area (Å²) in [6, 6.07) is 6.97. The molecule has 0 fully saturated rings. The molecule has 0 aliphatic heterocycles. The van der Waals surface area contributed by atoms with Crippen molar-refractivity contribution in [1.82, 2.24) is 4.90 Å². The lowest BCUT2D eigenvalue weighted by Gasteiger charge is -2.21. The van der Waals surface area contributed by atoms with Gasteiger partial charge in [-0.15, -0.1) is 0 Å². The SMILES string of the molecule is CCCN(CCC(=O)OCC)C(=O)c1ccc(OC)cc1. The Kier molecular flexibility index (Phi) is 7.29. The van der Waals surface area contributed by atoms with Gasteiger partial charge in [-0.2, -0.15) is 0 Å². The number of esters is 1. The first-order chi connectivity index (χ1) is 10.1. The molecule has 0 aliphatic rings. The number of carbonyl (C=O) groups excluding carboxylic acids is 2. The van der Waals surface area contributed by atoms with Crippen LogP contribution in [0.5, 0.6) is 5.75 Å². The first-order valence-corrected chi connectivity index (χ1v) is 7.21. The predicted octanol–water partition coefficient (Wildman–Crippen LogP) is 2.50. The normalized spacial score (nSPS) is 10.0. The van der Waals surface area contributed by atoms with Crippen LogP contribution in [-0.2, 0) is 9.53 Å². The summed E-state index contributed by atoms with van der Waals surface area (Å²) < 4.78 is 9.97. The van der Waals surface area contributed by atoms with E-state index < -0.39 is 0 Å². The van der Waals surface area contributed by atoms with E-state index >= 15 is 0 Å². The van der Waals surface area contributed by atoms with Crippen LogP contribution in [0.2, 0.25) is 0 Å². The molecule has 116 valence electrons. The summed E-state index contributed by atoms with van der Waals surface area (Å²) in [5.74, 6) is 0.352. The molecule has 5 nitrogen and oxygen atoms in total. The molecule has 1 rings (SSSR count). The lowest BCUT2D eigenvalue weighted by atomic mass is 10.2. The second kappa shape index (κ2) is 9.00. The zero-order valence-electron chi connectivity index (χ0n) is 12.9. The van der Waals surface area contributed by atoms with Gasteiger partial charge in [0.2, 0.25) is 0 Å². The summed E-state index contributed by atoms with van der Waals surface area (Å²) in [4.78, 5) is 25.5. The minimum Gasteiger partial charge on any atom is -0.497 e. The summed E-state index contributed by atoms with van der Waals surface area (Å²) in [5.41, 5.74) is 0.591. The van der Waals surface area contributed by atoms with Gasteiger partial charge in [0, 0.05) is 18.7 Å². The highest BCUT2D eigenvalue weighted by atomic mass is 16.5. The number of methoxy groups -OCH3 is 1. The van der Waals surface area contributed by atoms with Crippen molar-refractivity contribution in [2.24, 2.45) is 0 Å². The van der Waals surface area contributed by atoms with Crippen molar-refractivity contribution in [3.8, 4) is 5.75 Å². The van der Waals surface area contributed by atoms with Crippen LogP contribution in [0, 0.1) is 0 Å². The van der Waals surface area contributed by atoms with Gasteiger partial charge < -0.3 is 14.4 Å². The minimum absolute atomic E-state index is 0.0798. The minimum atomic E-state index is -0.277. The van der Waals surface area contributed by atoms with Crippen LogP contribution in [0.1, 0.15) is 37.0 Å². The second-order valence-corrected chi connectivity index (χ2v) is 4.58. The Morgan fingerprint density at radius 3 is 2.29 bits per heavy atom. The fraction of sp³-hybridized carbons (Fsp3) is 0.500. The maximum atomic E-state index is 12.4. The molecule has 0 radical (unpaired) electrons. The summed E-state index contributed by atoms with van der Waals surface area (Å²) in [6.45, 7) is 5.11. The number of amides is 1. The van der Waals surface area contributed by atoms with Gasteiger partial charge in [-0.25, -0.2) is 0 Å². The Morgan fingerprint density at radius 2 is 1.76 bits per heavy atom. The van der Waals surface area contributed by atoms with Gasteiger partial charge in [-0.3, -0.25) is 9.59 Å². The first kappa shape index (κ1) is 17.0. The molecule has 0 aromatic heterocycles. The van der Waals surface area contributed by atoms with E-state index in [1.807, 2.05) is 6.92 Å². The van der Waals surface area contributed by atoms with E-state index in [-0.39, 0.29) is 18.3 Å². The fourth-order valence-electron chi connectivity index (χ4n) is 1.96. The second-order valence-electron chi connectivity index (χ2n) is 4.58. The molecule has 0 atom stereocenters. The Bertz CT molecular complexity index is 456. The van der Waals surface area contributed by atoms with Gasteiger partial charge >= 0.3 is 5.97 Å². The number of hydrogen-bond donors (Lipinski definition) is 0. The number of carbonyl (C=O) groups is 2. The summed E-state index contributed by atoms with van der Waals surface area (Å²) in [5, 5.41) is 0. The van der Waals surface area contributed by atoms with E-state index in [4.69, 9.17) is 9.47 Å². The molecular weight excluding hydrogens is 270 g/mol. The van der Waals surface area contributed by atoms with Gasteiger partial charge in [-0.05, 0) is 37.6 Å². The van der Waals surface area contributed by atoms with Gasteiger partial charge in [0.1, 0.15) is 5.75 Å². The molecule has 0 heterocycles. The molecule has 0 unspecified atom stereocenters. The Balaban J connectivity index is 2.69. The van der Waals surface area contributed by atoms with Crippen LogP contribution < -0.4 is 4.74 Å². The smallest absolute Gasteiger partial charge is 0.307 e. The Hall–Kier alpha value is -2.04. The standard InChI is InChI=1S/C16H23NO4/c1-4-11-17(12-10-15(18)21-5-2)16(19)13-6-8-14(20-3)9-7-13/h6-9H,4-5,10-12H2,1-3H3. The summed E-state index contributed by atoms with van der Waals surface area (Å²) in [6.07, 6.45) is 1.06. The zero-order chi connectivity index (χ0) is 15.7. The predicted molar refractivity (Wildman–Crippen MR) is 80.4 cm³/mol. The van der Waals surface area contributed by atoms with Crippen LogP contribution in [0.25, 0.3) is 0 Å². The highest BCUT2D eigenvalue weighted by molar-refractivity contribution is 5.94. The molecule has 21 heavy (non-hydrogen) atoms. The third-order valence-corrected chi connectivity index (χ3v) is 3.01. The van der Waals surface area contributed by atoms with E-state index in [9.17, 15) is 9.59 Å². The van der Waals surface area contributed by atoms with Crippen molar-refractivity contribution in [2.75, 3.05) is 26.8 Å². The average molecular weight is 293 g/mol. The maximum Gasteiger partial charge on any atom is 0.307 e.